The fourth-order valence-electron chi connectivity index (χ4n) is 3.46. The summed E-state index contributed by atoms with van der Waals surface area (Å²) in [6, 6.07) is 10.5. The van der Waals surface area contributed by atoms with Gasteiger partial charge in [0.25, 0.3) is 17.5 Å². The molecule has 0 aliphatic heterocycles. The minimum Gasteiger partial charge on any atom is -0.271 e. The Hall–Kier alpha value is -2.98. The first-order valence-corrected chi connectivity index (χ1v) is 10.9. The molecule has 0 bridgehead atoms. The van der Waals surface area contributed by atoms with Crippen LogP contribution in [0.5, 0.6) is 0 Å². The molecule has 2 aromatic rings. The molecule has 3 rings (SSSR count). The Morgan fingerprint density at radius 3 is 2.27 bits per heavy atom. The highest BCUT2D eigenvalue weighted by Gasteiger charge is 2.53. The van der Waals surface area contributed by atoms with Crippen molar-refractivity contribution in [1.82, 2.24) is 10.9 Å². The fourth-order valence-corrected chi connectivity index (χ4v) is 5.66. The molecule has 158 valence electrons. The van der Waals surface area contributed by atoms with E-state index in [1.807, 2.05) is 0 Å². The molecule has 0 saturated heterocycles. The second-order valence-electron chi connectivity index (χ2n) is 6.87. The Kier molecular flexibility index (Phi) is 6.09. The molecular weight excluding hydrogens is 434 g/mol. The molecular formula is C19H18ClN3O6S. The van der Waals surface area contributed by atoms with Crippen molar-refractivity contribution in [3.05, 3.63) is 69.2 Å². The van der Waals surface area contributed by atoms with E-state index in [9.17, 15) is 28.1 Å². The molecule has 1 aliphatic rings. The third-order valence-corrected chi connectivity index (χ3v) is 7.84. The van der Waals surface area contributed by atoms with Gasteiger partial charge in [0.15, 0.2) is 14.6 Å². The standard InChI is InChI=1S/C19H18ClN3O6S/c20-14-6-8-16(9-7-14)30(28,29)19(10-1-2-11-19)18(25)22-21-17(24)13-4-3-5-15(12-13)23(26)27/h3-9,12H,1-2,10-11H2,(H,21,24)(H,22,25). The third kappa shape index (κ3) is 4.01. The fraction of sp³-hybridized carbons (Fsp3) is 0.263. The van der Waals surface area contributed by atoms with E-state index in [2.05, 4.69) is 10.9 Å². The Morgan fingerprint density at radius 2 is 1.67 bits per heavy atom. The average Bonchev–Trinajstić information content (AvgIpc) is 3.24. The molecule has 2 N–H and O–H groups in total. The lowest BCUT2D eigenvalue weighted by Crippen LogP contribution is -2.55. The van der Waals surface area contributed by atoms with E-state index in [0.717, 1.165) is 6.07 Å². The van der Waals surface area contributed by atoms with E-state index in [4.69, 9.17) is 11.6 Å². The van der Waals surface area contributed by atoms with Gasteiger partial charge in [-0.25, -0.2) is 8.42 Å². The second-order valence-corrected chi connectivity index (χ2v) is 9.57. The summed E-state index contributed by atoms with van der Waals surface area (Å²) in [5.74, 6) is -1.65. The van der Waals surface area contributed by atoms with Crippen LogP contribution in [0.3, 0.4) is 0 Å². The van der Waals surface area contributed by atoms with E-state index < -0.39 is 31.3 Å². The molecule has 9 nitrogen and oxygen atoms in total. The van der Waals surface area contributed by atoms with Crippen LogP contribution in [0, 0.1) is 10.1 Å². The minimum absolute atomic E-state index is 0.0334. The van der Waals surface area contributed by atoms with Crippen molar-refractivity contribution in [2.24, 2.45) is 0 Å². The van der Waals surface area contributed by atoms with Gasteiger partial charge in [-0.1, -0.05) is 30.5 Å². The number of carbonyl (C=O) groups excluding carboxylic acids is 2. The normalized spacial score (nSPS) is 15.4. The minimum atomic E-state index is -4.06. The van der Waals surface area contributed by atoms with Gasteiger partial charge in [0.05, 0.1) is 9.82 Å². The van der Waals surface area contributed by atoms with Gasteiger partial charge in [0.2, 0.25) is 0 Å². The molecule has 0 radical (unpaired) electrons. The average molecular weight is 452 g/mol. The van der Waals surface area contributed by atoms with Crippen LogP contribution in [0.2, 0.25) is 5.02 Å². The Morgan fingerprint density at radius 1 is 1.03 bits per heavy atom. The number of halogens is 1. The van der Waals surface area contributed by atoms with E-state index in [-0.39, 0.29) is 29.0 Å². The summed E-state index contributed by atoms with van der Waals surface area (Å²) in [5.41, 5.74) is 4.00. The lowest BCUT2D eigenvalue weighted by Gasteiger charge is -2.27. The third-order valence-electron chi connectivity index (χ3n) is 5.07. The topological polar surface area (TPSA) is 135 Å². The van der Waals surface area contributed by atoms with Crippen LogP contribution in [0.25, 0.3) is 0 Å². The van der Waals surface area contributed by atoms with Crippen molar-refractivity contribution in [1.29, 1.82) is 0 Å². The maximum Gasteiger partial charge on any atom is 0.270 e. The summed E-state index contributed by atoms with van der Waals surface area (Å²) in [4.78, 5) is 35.4. The molecule has 1 aliphatic carbocycles. The zero-order valence-electron chi connectivity index (χ0n) is 15.6. The SMILES string of the molecule is O=C(NNC(=O)C1(S(=O)(=O)c2ccc(Cl)cc2)CCCC1)c1cccc([N+](=O)[O-])c1. The van der Waals surface area contributed by atoms with Gasteiger partial charge in [-0.15, -0.1) is 0 Å². The largest absolute Gasteiger partial charge is 0.271 e. The Balaban J connectivity index is 1.81. The smallest absolute Gasteiger partial charge is 0.270 e. The quantitative estimate of drug-likeness (QED) is 0.530. The highest BCUT2D eigenvalue weighted by atomic mass is 35.5. The first kappa shape index (κ1) is 21.7. The molecule has 0 spiro atoms. The first-order chi connectivity index (χ1) is 14.2. The summed E-state index contributed by atoms with van der Waals surface area (Å²) in [5, 5.41) is 11.2. The van der Waals surface area contributed by atoms with Gasteiger partial charge in [0.1, 0.15) is 0 Å². The molecule has 11 heteroatoms. The predicted molar refractivity (Wildman–Crippen MR) is 109 cm³/mol. The van der Waals surface area contributed by atoms with Gasteiger partial charge in [-0.2, -0.15) is 0 Å². The predicted octanol–water partition coefficient (Wildman–Crippen LogP) is 2.80. The monoisotopic (exact) mass is 451 g/mol. The van der Waals surface area contributed by atoms with Crippen molar-refractivity contribution in [2.75, 3.05) is 0 Å². The lowest BCUT2D eigenvalue weighted by molar-refractivity contribution is -0.384. The molecule has 0 unspecified atom stereocenters. The summed E-state index contributed by atoms with van der Waals surface area (Å²) >= 11 is 5.83. The second kappa shape index (κ2) is 8.41. The lowest BCUT2D eigenvalue weighted by atomic mass is 10.1. The molecule has 1 fully saturated rings. The van der Waals surface area contributed by atoms with Crippen LogP contribution in [0.1, 0.15) is 36.0 Å². The zero-order valence-corrected chi connectivity index (χ0v) is 17.2. The van der Waals surface area contributed by atoms with E-state index >= 15 is 0 Å². The van der Waals surface area contributed by atoms with Crippen LogP contribution in [-0.4, -0.2) is 29.9 Å². The number of hydrogen-bond donors (Lipinski definition) is 2. The number of rotatable bonds is 5. The van der Waals surface area contributed by atoms with Crippen LogP contribution >= 0.6 is 11.6 Å². The zero-order chi connectivity index (χ0) is 21.9. The van der Waals surface area contributed by atoms with Gasteiger partial charge in [-0.05, 0) is 43.2 Å². The molecule has 2 amide bonds. The maximum atomic E-state index is 13.3. The van der Waals surface area contributed by atoms with E-state index in [1.54, 1.807) is 0 Å². The number of carbonyl (C=O) groups is 2. The highest BCUT2D eigenvalue weighted by molar-refractivity contribution is 7.93. The molecule has 0 aromatic heterocycles. The van der Waals surface area contributed by atoms with Crippen molar-refractivity contribution < 1.29 is 22.9 Å². The van der Waals surface area contributed by atoms with Gasteiger partial charge < -0.3 is 0 Å². The van der Waals surface area contributed by atoms with Crippen LogP contribution in [0.4, 0.5) is 5.69 Å². The highest BCUT2D eigenvalue weighted by Crippen LogP contribution is 2.40. The number of nitrogens with one attached hydrogen (secondary N) is 2. The number of benzene rings is 2. The van der Waals surface area contributed by atoms with E-state index in [0.29, 0.717) is 17.9 Å². The van der Waals surface area contributed by atoms with Crippen molar-refractivity contribution >= 4 is 38.9 Å². The van der Waals surface area contributed by atoms with Gasteiger partial charge >= 0.3 is 0 Å². The number of amides is 2. The van der Waals surface area contributed by atoms with Crippen LogP contribution in [-0.2, 0) is 14.6 Å². The van der Waals surface area contributed by atoms with Crippen LogP contribution in [0.15, 0.2) is 53.4 Å². The Bertz CT molecular complexity index is 1100. The number of hydrazine groups is 1. The number of sulfone groups is 1. The molecule has 2 aromatic carbocycles. The number of non-ortho nitro benzene ring substituents is 1. The number of hydrogen-bond acceptors (Lipinski definition) is 6. The first-order valence-electron chi connectivity index (χ1n) is 9.03. The number of nitro benzene ring substituents is 1. The van der Waals surface area contributed by atoms with Gasteiger partial charge in [-0.3, -0.25) is 30.6 Å². The number of nitro groups is 1. The van der Waals surface area contributed by atoms with Crippen molar-refractivity contribution in [3.8, 4) is 0 Å². The van der Waals surface area contributed by atoms with Crippen LogP contribution < -0.4 is 10.9 Å². The van der Waals surface area contributed by atoms with Crippen molar-refractivity contribution in [3.63, 3.8) is 0 Å². The summed E-state index contributed by atoms with van der Waals surface area (Å²) in [6.45, 7) is 0. The van der Waals surface area contributed by atoms with Crippen molar-refractivity contribution in [2.45, 2.75) is 35.3 Å². The summed E-state index contributed by atoms with van der Waals surface area (Å²) in [7, 11) is -4.06. The Labute approximate surface area is 177 Å². The van der Waals surface area contributed by atoms with E-state index in [1.165, 1.54) is 42.5 Å². The molecule has 0 heterocycles. The number of nitrogens with zero attached hydrogens (tertiary/aromatic N) is 1. The molecule has 1 saturated carbocycles. The molecule has 0 atom stereocenters. The summed E-state index contributed by atoms with van der Waals surface area (Å²) in [6.07, 6.45) is 1.30. The van der Waals surface area contributed by atoms with Gasteiger partial charge in [0, 0.05) is 22.7 Å². The maximum absolute atomic E-state index is 13.3. The summed E-state index contributed by atoms with van der Waals surface area (Å²) < 4.78 is 24.8. The molecule has 30 heavy (non-hydrogen) atoms.